The van der Waals surface area contributed by atoms with Gasteiger partial charge in [-0.05, 0) is 24.8 Å². The number of hydrogen-bond donors (Lipinski definition) is 1. The van der Waals surface area contributed by atoms with E-state index in [-0.39, 0.29) is 13.0 Å². The van der Waals surface area contributed by atoms with Gasteiger partial charge in [-0.25, -0.2) is 4.79 Å². The fraction of sp³-hybridized carbons (Fsp3) is 0.385. The van der Waals surface area contributed by atoms with Crippen molar-refractivity contribution in [2.45, 2.75) is 25.9 Å². The molecule has 0 fully saturated rings. The van der Waals surface area contributed by atoms with E-state index in [1.54, 1.807) is 0 Å². The Kier molecular flexibility index (Phi) is 6.32. The van der Waals surface area contributed by atoms with Crippen LogP contribution in [-0.2, 0) is 16.1 Å². The third-order valence-electron chi connectivity index (χ3n) is 2.29. The molecule has 1 rings (SSSR count). The van der Waals surface area contributed by atoms with Gasteiger partial charge in [0.2, 0.25) is 0 Å². The van der Waals surface area contributed by atoms with E-state index in [9.17, 15) is 14.7 Å². The number of benzene rings is 1. The Hall–Kier alpha value is -2.04. The van der Waals surface area contributed by atoms with Crippen LogP contribution in [0.1, 0.15) is 24.8 Å². The molecule has 0 bridgehead atoms. The fourth-order valence-electron chi connectivity index (χ4n) is 1.36. The summed E-state index contributed by atoms with van der Waals surface area (Å²) in [5.74, 6) is -1.07. The molecule has 1 N–H and O–H groups in total. The van der Waals surface area contributed by atoms with Crippen LogP contribution in [0.5, 0.6) is 0 Å². The molecule has 0 saturated heterocycles. The summed E-state index contributed by atoms with van der Waals surface area (Å²) in [6.07, 6.45) is 0.600. The maximum atomic E-state index is 11.3. The number of carboxylic acids is 1. The van der Waals surface area contributed by atoms with Crippen molar-refractivity contribution in [1.29, 1.82) is 0 Å². The largest absolute Gasteiger partial charge is 0.550 e. The van der Waals surface area contributed by atoms with Gasteiger partial charge in [0, 0.05) is 12.5 Å². The Morgan fingerprint density at radius 1 is 1.17 bits per heavy atom. The second-order valence-corrected chi connectivity index (χ2v) is 3.82. The van der Waals surface area contributed by atoms with Crippen molar-refractivity contribution in [2.24, 2.45) is 0 Å². The number of carbonyl (C=O) groups is 2. The van der Waals surface area contributed by atoms with Crippen molar-refractivity contribution in [3.05, 3.63) is 35.9 Å². The van der Waals surface area contributed by atoms with Crippen LogP contribution in [0, 0.1) is 0 Å². The summed E-state index contributed by atoms with van der Waals surface area (Å²) in [6, 6.07) is 9.37. The van der Waals surface area contributed by atoms with Gasteiger partial charge < -0.3 is 20.0 Å². The lowest BCUT2D eigenvalue weighted by atomic mass is 10.2. The van der Waals surface area contributed by atoms with Gasteiger partial charge in [0.15, 0.2) is 0 Å². The number of ether oxygens (including phenoxy) is 1. The number of carboxylic acid groups (broad SMARTS) is 1. The summed E-state index contributed by atoms with van der Waals surface area (Å²) in [5.41, 5.74) is 0.921. The molecule has 0 saturated carbocycles. The quantitative estimate of drug-likeness (QED) is 0.727. The molecule has 0 heterocycles. The van der Waals surface area contributed by atoms with Gasteiger partial charge in [-0.3, -0.25) is 0 Å². The number of alkyl carbamates (subject to hydrolysis) is 1. The first-order valence-corrected chi connectivity index (χ1v) is 5.83. The highest BCUT2D eigenvalue weighted by atomic mass is 16.5. The predicted octanol–water partition coefficient (Wildman–Crippen LogP) is 0.833. The Morgan fingerprint density at radius 2 is 1.89 bits per heavy atom. The summed E-state index contributed by atoms with van der Waals surface area (Å²) >= 11 is 0. The fourth-order valence-corrected chi connectivity index (χ4v) is 1.36. The average Bonchev–Trinajstić information content (AvgIpc) is 2.37. The second-order valence-electron chi connectivity index (χ2n) is 3.82. The Balaban J connectivity index is 2.06. The van der Waals surface area contributed by atoms with Crippen LogP contribution in [0.2, 0.25) is 0 Å². The highest BCUT2D eigenvalue weighted by molar-refractivity contribution is 5.67. The van der Waals surface area contributed by atoms with E-state index in [1.165, 1.54) is 0 Å². The lowest BCUT2D eigenvalue weighted by Gasteiger charge is -2.07. The zero-order valence-corrected chi connectivity index (χ0v) is 10.1. The average molecular weight is 250 g/mol. The molecule has 0 aliphatic rings. The number of amides is 1. The molecule has 0 aliphatic carbocycles. The summed E-state index contributed by atoms with van der Waals surface area (Å²) in [6.45, 7) is 0.632. The lowest BCUT2D eigenvalue weighted by molar-refractivity contribution is -0.305. The normalized spacial score (nSPS) is 9.78. The third kappa shape index (κ3) is 6.52. The molecule has 1 aromatic carbocycles. The van der Waals surface area contributed by atoms with E-state index in [2.05, 4.69) is 5.32 Å². The zero-order valence-electron chi connectivity index (χ0n) is 10.1. The molecule has 0 aromatic heterocycles. The number of unbranched alkanes of at least 4 members (excludes halogenated alkanes) is 1. The van der Waals surface area contributed by atoms with Crippen molar-refractivity contribution < 1.29 is 19.4 Å². The Labute approximate surface area is 106 Å². The highest BCUT2D eigenvalue weighted by Crippen LogP contribution is 2.00. The molecule has 18 heavy (non-hydrogen) atoms. The van der Waals surface area contributed by atoms with E-state index in [0.717, 1.165) is 5.56 Å². The summed E-state index contributed by atoms with van der Waals surface area (Å²) in [5, 5.41) is 12.7. The summed E-state index contributed by atoms with van der Waals surface area (Å²) in [7, 11) is 0. The molecule has 1 amide bonds. The molecular formula is C13H16NO4-. The van der Waals surface area contributed by atoms with E-state index < -0.39 is 12.1 Å². The van der Waals surface area contributed by atoms with Crippen LogP contribution in [-0.4, -0.2) is 18.6 Å². The van der Waals surface area contributed by atoms with Crippen molar-refractivity contribution in [3.63, 3.8) is 0 Å². The van der Waals surface area contributed by atoms with Crippen molar-refractivity contribution in [1.82, 2.24) is 5.32 Å². The number of rotatable bonds is 7. The number of carbonyl (C=O) groups excluding carboxylic acids is 2. The van der Waals surface area contributed by atoms with Crippen LogP contribution >= 0.6 is 0 Å². The first-order chi connectivity index (χ1) is 8.68. The number of hydrogen-bond acceptors (Lipinski definition) is 4. The molecule has 0 unspecified atom stereocenters. The molecule has 5 heteroatoms. The molecule has 1 aromatic rings. The molecule has 98 valence electrons. The molecule has 0 radical (unpaired) electrons. The third-order valence-corrected chi connectivity index (χ3v) is 2.29. The Morgan fingerprint density at radius 3 is 2.56 bits per heavy atom. The summed E-state index contributed by atoms with van der Waals surface area (Å²) in [4.78, 5) is 21.4. The first kappa shape index (κ1) is 14.0. The van der Waals surface area contributed by atoms with Gasteiger partial charge >= 0.3 is 6.09 Å². The van der Waals surface area contributed by atoms with Crippen LogP contribution in [0.3, 0.4) is 0 Å². The van der Waals surface area contributed by atoms with E-state index in [0.29, 0.717) is 19.4 Å². The molecule has 0 spiro atoms. The second kappa shape index (κ2) is 8.11. The van der Waals surface area contributed by atoms with Crippen molar-refractivity contribution >= 4 is 12.1 Å². The molecule has 5 nitrogen and oxygen atoms in total. The molecule has 0 atom stereocenters. The van der Waals surface area contributed by atoms with Crippen LogP contribution in [0.25, 0.3) is 0 Å². The van der Waals surface area contributed by atoms with E-state index >= 15 is 0 Å². The predicted molar refractivity (Wildman–Crippen MR) is 63.5 cm³/mol. The lowest BCUT2D eigenvalue weighted by Crippen LogP contribution is -2.26. The molecular weight excluding hydrogens is 234 g/mol. The minimum absolute atomic E-state index is 0.0146. The van der Waals surface area contributed by atoms with Gasteiger partial charge in [0.25, 0.3) is 0 Å². The van der Waals surface area contributed by atoms with Crippen LogP contribution < -0.4 is 10.4 Å². The van der Waals surface area contributed by atoms with Gasteiger partial charge in [-0.1, -0.05) is 30.3 Å². The topological polar surface area (TPSA) is 78.5 Å². The minimum atomic E-state index is -1.07. The number of nitrogens with one attached hydrogen (secondary N) is 1. The standard InChI is InChI=1S/C13H17NO4/c15-12(16)8-4-5-9-14-13(17)18-10-11-6-2-1-3-7-11/h1-3,6-7H,4-5,8-10H2,(H,14,17)(H,15,16)/p-1. The highest BCUT2D eigenvalue weighted by Gasteiger charge is 2.01. The summed E-state index contributed by atoms with van der Waals surface area (Å²) < 4.78 is 4.98. The van der Waals surface area contributed by atoms with Crippen molar-refractivity contribution in [2.75, 3.05) is 6.54 Å². The Bertz CT molecular complexity index is 378. The van der Waals surface area contributed by atoms with Crippen LogP contribution in [0.15, 0.2) is 30.3 Å². The van der Waals surface area contributed by atoms with E-state index in [1.807, 2.05) is 30.3 Å². The maximum absolute atomic E-state index is 11.3. The van der Waals surface area contributed by atoms with Gasteiger partial charge in [-0.15, -0.1) is 0 Å². The van der Waals surface area contributed by atoms with Crippen molar-refractivity contribution in [3.8, 4) is 0 Å². The van der Waals surface area contributed by atoms with Gasteiger partial charge in [-0.2, -0.15) is 0 Å². The minimum Gasteiger partial charge on any atom is -0.550 e. The van der Waals surface area contributed by atoms with E-state index in [4.69, 9.17) is 4.74 Å². The van der Waals surface area contributed by atoms with Gasteiger partial charge in [0.05, 0.1) is 0 Å². The van der Waals surface area contributed by atoms with Gasteiger partial charge in [0.1, 0.15) is 6.61 Å². The first-order valence-electron chi connectivity index (χ1n) is 5.83. The zero-order chi connectivity index (χ0) is 13.2. The smallest absolute Gasteiger partial charge is 0.407 e. The monoisotopic (exact) mass is 250 g/mol. The maximum Gasteiger partial charge on any atom is 0.407 e. The molecule has 0 aliphatic heterocycles. The van der Waals surface area contributed by atoms with Crippen LogP contribution in [0.4, 0.5) is 4.79 Å². The number of aliphatic carboxylic acids is 1. The SMILES string of the molecule is O=C([O-])CCCCNC(=O)OCc1ccccc1.